The Morgan fingerprint density at radius 2 is 1.78 bits per heavy atom. The third-order valence-corrected chi connectivity index (χ3v) is 5.31. The predicted molar refractivity (Wildman–Crippen MR) is 96.5 cm³/mol. The van der Waals surface area contributed by atoms with Crippen molar-refractivity contribution >= 4 is 11.8 Å². The molecule has 0 aromatic carbocycles. The Labute approximate surface area is 159 Å². The van der Waals surface area contributed by atoms with E-state index in [-0.39, 0.29) is 36.5 Å². The van der Waals surface area contributed by atoms with Crippen molar-refractivity contribution in [2.75, 3.05) is 32.9 Å². The van der Waals surface area contributed by atoms with E-state index >= 15 is 0 Å². The summed E-state index contributed by atoms with van der Waals surface area (Å²) in [6.45, 7) is 7.51. The van der Waals surface area contributed by atoms with Crippen molar-refractivity contribution in [3.05, 3.63) is 0 Å². The second kappa shape index (κ2) is 9.78. The van der Waals surface area contributed by atoms with Crippen LogP contribution >= 0.6 is 0 Å². The van der Waals surface area contributed by atoms with Gasteiger partial charge in [0.2, 0.25) is 17.7 Å². The van der Waals surface area contributed by atoms with Gasteiger partial charge in [0.25, 0.3) is 0 Å². The van der Waals surface area contributed by atoms with Crippen molar-refractivity contribution in [3.63, 3.8) is 0 Å². The smallest absolute Gasteiger partial charge is 0.248 e. The molecule has 1 heterocycles. The first-order valence-corrected chi connectivity index (χ1v) is 9.86. The van der Waals surface area contributed by atoms with Crippen LogP contribution in [-0.4, -0.2) is 67.7 Å². The molecule has 27 heavy (non-hydrogen) atoms. The summed E-state index contributed by atoms with van der Waals surface area (Å²) in [5.41, 5.74) is 0. The molecular formula is C19H32F2N2O4. The van der Waals surface area contributed by atoms with Crippen molar-refractivity contribution < 1.29 is 27.8 Å². The fourth-order valence-electron chi connectivity index (χ4n) is 3.33. The van der Waals surface area contributed by atoms with Gasteiger partial charge in [-0.15, -0.1) is 0 Å². The Bertz CT molecular complexity index is 500. The average molecular weight is 390 g/mol. The average Bonchev–Trinajstić information content (AvgIpc) is 2.64. The minimum atomic E-state index is -2.57. The molecule has 1 saturated carbocycles. The van der Waals surface area contributed by atoms with Gasteiger partial charge in [0.1, 0.15) is 6.04 Å². The number of carbonyl (C=O) groups is 2. The Morgan fingerprint density at radius 1 is 1.19 bits per heavy atom. The summed E-state index contributed by atoms with van der Waals surface area (Å²) < 4.78 is 37.7. The Morgan fingerprint density at radius 3 is 2.33 bits per heavy atom. The quantitative estimate of drug-likeness (QED) is 0.724. The fraction of sp³-hybridized carbons (Fsp3) is 0.895. The van der Waals surface area contributed by atoms with Crippen LogP contribution in [0.3, 0.4) is 0 Å². The van der Waals surface area contributed by atoms with Crippen LogP contribution in [0.4, 0.5) is 8.78 Å². The summed E-state index contributed by atoms with van der Waals surface area (Å²) in [6.07, 6.45) is 0.0661. The van der Waals surface area contributed by atoms with E-state index in [0.29, 0.717) is 45.8 Å². The van der Waals surface area contributed by atoms with E-state index in [1.807, 2.05) is 0 Å². The zero-order chi connectivity index (χ0) is 20.0. The summed E-state index contributed by atoms with van der Waals surface area (Å²) >= 11 is 0. The summed E-state index contributed by atoms with van der Waals surface area (Å²) in [7, 11) is 0. The summed E-state index contributed by atoms with van der Waals surface area (Å²) in [5, 5.41) is 2.80. The molecule has 1 aliphatic heterocycles. The van der Waals surface area contributed by atoms with Gasteiger partial charge in [-0.2, -0.15) is 0 Å². The molecule has 0 radical (unpaired) electrons. The maximum Gasteiger partial charge on any atom is 0.248 e. The standard InChI is InChI=1S/C19H32F2N2O4/c1-13(2)17(24)22-16(18(25)23-8-10-26-11-9-23)14(3)27-12-15-4-6-19(20,21)7-5-15/h13-16H,4-12H2,1-3H3,(H,22,24). The third kappa shape index (κ3) is 6.68. The van der Waals surface area contributed by atoms with Gasteiger partial charge in [-0.1, -0.05) is 13.8 Å². The van der Waals surface area contributed by atoms with E-state index in [1.165, 1.54) is 0 Å². The summed E-state index contributed by atoms with van der Waals surface area (Å²) in [4.78, 5) is 26.8. The van der Waals surface area contributed by atoms with Crippen LogP contribution in [-0.2, 0) is 19.1 Å². The highest BCUT2D eigenvalue weighted by molar-refractivity contribution is 5.88. The van der Waals surface area contributed by atoms with Crippen LogP contribution in [0.25, 0.3) is 0 Å². The van der Waals surface area contributed by atoms with E-state index in [1.54, 1.807) is 25.7 Å². The van der Waals surface area contributed by atoms with Crippen LogP contribution in [0.15, 0.2) is 0 Å². The summed E-state index contributed by atoms with van der Waals surface area (Å²) in [5.74, 6) is -3.16. The van der Waals surface area contributed by atoms with Crippen molar-refractivity contribution in [2.24, 2.45) is 11.8 Å². The largest absolute Gasteiger partial charge is 0.378 e. The highest BCUT2D eigenvalue weighted by Gasteiger charge is 2.36. The zero-order valence-corrected chi connectivity index (χ0v) is 16.5. The topological polar surface area (TPSA) is 67.9 Å². The molecule has 1 N–H and O–H groups in total. The fourth-order valence-corrected chi connectivity index (χ4v) is 3.33. The maximum absolute atomic E-state index is 13.3. The molecule has 2 fully saturated rings. The van der Waals surface area contributed by atoms with E-state index in [9.17, 15) is 18.4 Å². The third-order valence-electron chi connectivity index (χ3n) is 5.31. The second-order valence-electron chi connectivity index (χ2n) is 7.92. The lowest BCUT2D eigenvalue weighted by Gasteiger charge is -2.34. The van der Waals surface area contributed by atoms with Gasteiger partial charge >= 0.3 is 0 Å². The SMILES string of the molecule is CC(C)C(=O)NC(C(=O)N1CCOCC1)C(C)OCC1CCC(F)(F)CC1. The van der Waals surface area contributed by atoms with Gasteiger partial charge in [0.05, 0.1) is 19.3 Å². The van der Waals surface area contributed by atoms with E-state index in [2.05, 4.69) is 5.32 Å². The number of hydrogen-bond donors (Lipinski definition) is 1. The van der Waals surface area contributed by atoms with Gasteiger partial charge in [0, 0.05) is 38.5 Å². The van der Waals surface area contributed by atoms with Gasteiger partial charge < -0.3 is 19.7 Å². The monoisotopic (exact) mass is 390 g/mol. The second-order valence-corrected chi connectivity index (χ2v) is 7.92. The highest BCUT2D eigenvalue weighted by Crippen LogP contribution is 2.36. The first-order chi connectivity index (χ1) is 12.7. The number of rotatable bonds is 7. The minimum absolute atomic E-state index is 0.0621. The molecule has 2 unspecified atom stereocenters. The van der Waals surface area contributed by atoms with Gasteiger partial charge in [-0.3, -0.25) is 9.59 Å². The molecule has 2 rings (SSSR count). The number of amides is 2. The molecule has 156 valence electrons. The number of carbonyl (C=O) groups excluding carboxylic acids is 2. The van der Waals surface area contributed by atoms with Gasteiger partial charge in [-0.05, 0) is 25.7 Å². The molecule has 0 aromatic rings. The van der Waals surface area contributed by atoms with Crippen molar-refractivity contribution in [2.45, 2.75) is 64.5 Å². The number of ether oxygens (including phenoxy) is 2. The molecule has 6 nitrogen and oxygen atoms in total. The van der Waals surface area contributed by atoms with Crippen LogP contribution in [0.5, 0.6) is 0 Å². The number of morpholine rings is 1. The molecular weight excluding hydrogens is 358 g/mol. The zero-order valence-electron chi connectivity index (χ0n) is 16.5. The van der Waals surface area contributed by atoms with Crippen molar-refractivity contribution in [3.8, 4) is 0 Å². The van der Waals surface area contributed by atoms with Gasteiger partial charge in [-0.25, -0.2) is 8.78 Å². The Hall–Kier alpha value is -1.28. The van der Waals surface area contributed by atoms with Crippen LogP contribution in [0, 0.1) is 11.8 Å². The van der Waals surface area contributed by atoms with Crippen LogP contribution in [0.1, 0.15) is 46.5 Å². The van der Waals surface area contributed by atoms with Crippen molar-refractivity contribution in [1.29, 1.82) is 0 Å². The molecule has 2 atom stereocenters. The van der Waals surface area contributed by atoms with E-state index in [4.69, 9.17) is 9.47 Å². The van der Waals surface area contributed by atoms with Gasteiger partial charge in [0.15, 0.2) is 0 Å². The first kappa shape index (κ1) is 22.0. The lowest BCUT2D eigenvalue weighted by atomic mass is 9.87. The molecule has 0 bridgehead atoms. The molecule has 1 saturated heterocycles. The lowest BCUT2D eigenvalue weighted by molar-refractivity contribution is -0.145. The molecule has 2 amide bonds. The molecule has 0 aromatic heterocycles. The number of nitrogens with zero attached hydrogens (tertiary/aromatic N) is 1. The van der Waals surface area contributed by atoms with Crippen molar-refractivity contribution in [1.82, 2.24) is 10.2 Å². The Kier molecular flexibility index (Phi) is 7.97. The number of alkyl halides is 2. The van der Waals surface area contributed by atoms with Crippen LogP contribution < -0.4 is 5.32 Å². The lowest BCUT2D eigenvalue weighted by Crippen LogP contribution is -2.57. The number of hydrogen-bond acceptors (Lipinski definition) is 4. The molecule has 1 aliphatic carbocycles. The predicted octanol–water partition coefficient (Wildman–Crippen LogP) is 2.22. The van der Waals surface area contributed by atoms with Crippen LogP contribution in [0.2, 0.25) is 0 Å². The number of nitrogens with one attached hydrogen (secondary N) is 1. The van der Waals surface area contributed by atoms with E-state index < -0.39 is 18.1 Å². The normalized spacial score (nSPS) is 23.1. The summed E-state index contributed by atoms with van der Waals surface area (Å²) in [6, 6.07) is -0.789. The Balaban J connectivity index is 1.94. The molecule has 8 heteroatoms. The van der Waals surface area contributed by atoms with E-state index in [0.717, 1.165) is 0 Å². The minimum Gasteiger partial charge on any atom is -0.378 e. The first-order valence-electron chi connectivity index (χ1n) is 9.86. The molecule has 2 aliphatic rings. The number of halogens is 2. The molecule has 0 spiro atoms. The highest BCUT2D eigenvalue weighted by atomic mass is 19.3. The maximum atomic E-state index is 13.3.